The highest BCUT2D eigenvalue weighted by atomic mass is 32.2. The van der Waals surface area contributed by atoms with Gasteiger partial charge in [-0.05, 0) is 30.5 Å². The van der Waals surface area contributed by atoms with Gasteiger partial charge in [0.2, 0.25) is 0 Å². The summed E-state index contributed by atoms with van der Waals surface area (Å²) >= 11 is 0. The first-order chi connectivity index (χ1) is 8.40. The van der Waals surface area contributed by atoms with E-state index in [1.165, 1.54) is 6.26 Å². The Morgan fingerprint density at radius 1 is 1.39 bits per heavy atom. The van der Waals surface area contributed by atoms with Gasteiger partial charge in [0.1, 0.15) is 12.4 Å². The molecule has 0 aromatic heterocycles. The van der Waals surface area contributed by atoms with Crippen LogP contribution in [-0.2, 0) is 16.3 Å². The minimum absolute atomic E-state index is 0.0334. The van der Waals surface area contributed by atoms with Crippen LogP contribution in [0.3, 0.4) is 0 Å². The van der Waals surface area contributed by atoms with Crippen molar-refractivity contribution in [3.05, 3.63) is 29.8 Å². The van der Waals surface area contributed by atoms with E-state index in [0.717, 1.165) is 18.4 Å². The van der Waals surface area contributed by atoms with E-state index in [1.807, 2.05) is 24.3 Å². The van der Waals surface area contributed by atoms with Crippen LogP contribution in [0.2, 0.25) is 0 Å². The molecule has 4 nitrogen and oxygen atoms in total. The van der Waals surface area contributed by atoms with Crippen molar-refractivity contribution < 1.29 is 13.2 Å². The monoisotopic (exact) mass is 271 g/mol. The third-order valence-corrected chi connectivity index (χ3v) is 3.55. The third kappa shape index (κ3) is 6.02. The van der Waals surface area contributed by atoms with Gasteiger partial charge >= 0.3 is 0 Å². The smallest absolute Gasteiger partial charge is 0.150 e. The highest BCUT2D eigenvalue weighted by Crippen LogP contribution is 2.15. The molecule has 0 spiro atoms. The minimum Gasteiger partial charge on any atom is -0.493 e. The second-order valence-corrected chi connectivity index (χ2v) is 6.76. The van der Waals surface area contributed by atoms with Crippen molar-refractivity contribution in [1.29, 1.82) is 0 Å². The number of nitrogens with two attached hydrogens (primary N) is 1. The van der Waals surface area contributed by atoms with Crippen LogP contribution < -0.4 is 10.5 Å². The molecule has 0 amide bonds. The Balaban J connectivity index is 2.54. The number of sulfone groups is 1. The summed E-state index contributed by atoms with van der Waals surface area (Å²) in [6.07, 6.45) is 2.94. The van der Waals surface area contributed by atoms with Gasteiger partial charge in [0, 0.05) is 12.3 Å². The largest absolute Gasteiger partial charge is 0.493 e. The van der Waals surface area contributed by atoms with Crippen molar-refractivity contribution >= 4 is 9.84 Å². The van der Waals surface area contributed by atoms with E-state index in [1.54, 1.807) is 0 Å². The van der Waals surface area contributed by atoms with Gasteiger partial charge in [-0.2, -0.15) is 0 Å². The van der Waals surface area contributed by atoms with E-state index in [4.69, 9.17) is 10.5 Å². The van der Waals surface area contributed by atoms with Gasteiger partial charge in [0.05, 0.1) is 5.75 Å². The molecule has 2 N–H and O–H groups in total. The molecule has 102 valence electrons. The summed E-state index contributed by atoms with van der Waals surface area (Å²) in [6, 6.07) is 7.78. The van der Waals surface area contributed by atoms with Crippen molar-refractivity contribution in [2.75, 3.05) is 18.6 Å². The molecule has 0 saturated carbocycles. The van der Waals surface area contributed by atoms with E-state index < -0.39 is 9.84 Å². The summed E-state index contributed by atoms with van der Waals surface area (Å²) in [5.74, 6) is 0.727. The van der Waals surface area contributed by atoms with E-state index in [2.05, 4.69) is 6.92 Å². The number of rotatable bonds is 7. The number of hydrogen-bond acceptors (Lipinski definition) is 4. The maximum atomic E-state index is 11.0. The molecular formula is C13H21NO3S. The van der Waals surface area contributed by atoms with Crippen molar-refractivity contribution in [3.63, 3.8) is 0 Å². The lowest BCUT2D eigenvalue weighted by molar-refractivity contribution is 0.340. The Hall–Kier alpha value is -1.07. The number of hydrogen-bond donors (Lipinski definition) is 1. The van der Waals surface area contributed by atoms with Gasteiger partial charge in [-0.25, -0.2) is 8.42 Å². The summed E-state index contributed by atoms with van der Waals surface area (Å²) in [6.45, 7) is 2.24. The van der Waals surface area contributed by atoms with Crippen molar-refractivity contribution in [2.24, 2.45) is 5.73 Å². The number of benzene rings is 1. The highest BCUT2D eigenvalue weighted by molar-refractivity contribution is 7.90. The maximum absolute atomic E-state index is 11.0. The standard InChI is InChI=1S/C13H21NO3S/c1-3-12(14)9-11-5-4-6-13(10-11)17-7-8-18(2,15)16/h4-6,10,12H,3,7-9,14H2,1-2H3. The quantitative estimate of drug-likeness (QED) is 0.813. The first-order valence-electron chi connectivity index (χ1n) is 6.05. The van der Waals surface area contributed by atoms with E-state index in [0.29, 0.717) is 5.75 Å². The van der Waals surface area contributed by atoms with Gasteiger partial charge in [-0.15, -0.1) is 0 Å². The van der Waals surface area contributed by atoms with Gasteiger partial charge in [0.25, 0.3) is 0 Å². The van der Waals surface area contributed by atoms with Crippen LogP contribution in [0.5, 0.6) is 5.75 Å². The molecule has 0 radical (unpaired) electrons. The number of ether oxygens (including phenoxy) is 1. The molecule has 0 aliphatic heterocycles. The van der Waals surface area contributed by atoms with Crippen LogP contribution in [0.4, 0.5) is 0 Å². The van der Waals surface area contributed by atoms with E-state index in [9.17, 15) is 8.42 Å². The molecule has 0 fully saturated rings. The predicted octanol–water partition coefficient (Wildman–Crippen LogP) is 1.39. The molecule has 0 aliphatic rings. The van der Waals surface area contributed by atoms with Crippen LogP contribution in [0.25, 0.3) is 0 Å². The van der Waals surface area contributed by atoms with Crippen molar-refractivity contribution in [3.8, 4) is 5.75 Å². The lowest BCUT2D eigenvalue weighted by Crippen LogP contribution is -2.21. The lowest BCUT2D eigenvalue weighted by Gasteiger charge is -2.10. The summed E-state index contributed by atoms with van der Waals surface area (Å²) in [5, 5.41) is 0. The summed E-state index contributed by atoms with van der Waals surface area (Å²) in [4.78, 5) is 0. The van der Waals surface area contributed by atoms with Crippen LogP contribution in [0, 0.1) is 0 Å². The molecular weight excluding hydrogens is 250 g/mol. The minimum atomic E-state index is -2.97. The zero-order valence-electron chi connectivity index (χ0n) is 10.9. The first-order valence-corrected chi connectivity index (χ1v) is 8.12. The molecule has 1 aromatic rings. The van der Waals surface area contributed by atoms with Gasteiger partial charge in [-0.1, -0.05) is 19.1 Å². The van der Waals surface area contributed by atoms with Crippen molar-refractivity contribution in [2.45, 2.75) is 25.8 Å². The summed E-state index contributed by atoms with van der Waals surface area (Å²) < 4.78 is 27.4. The fourth-order valence-electron chi connectivity index (χ4n) is 1.52. The van der Waals surface area contributed by atoms with Crippen LogP contribution in [0.15, 0.2) is 24.3 Å². The zero-order chi connectivity index (χ0) is 13.6. The molecule has 0 saturated heterocycles. The molecule has 1 rings (SSSR count). The van der Waals surface area contributed by atoms with Gasteiger partial charge < -0.3 is 10.5 Å². The van der Waals surface area contributed by atoms with Crippen LogP contribution >= 0.6 is 0 Å². The average Bonchev–Trinajstić information content (AvgIpc) is 2.27. The summed E-state index contributed by atoms with van der Waals surface area (Å²) in [7, 11) is -2.97. The highest BCUT2D eigenvalue weighted by Gasteiger charge is 2.05. The summed E-state index contributed by atoms with van der Waals surface area (Å²) in [5.41, 5.74) is 7.00. The molecule has 0 bridgehead atoms. The molecule has 0 aliphatic carbocycles. The normalized spacial score (nSPS) is 13.3. The second-order valence-electron chi connectivity index (χ2n) is 4.50. The van der Waals surface area contributed by atoms with E-state index in [-0.39, 0.29) is 18.4 Å². The fraction of sp³-hybridized carbons (Fsp3) is 0.538. The maximum Gasteiger partial charge on any atom is 0.150 e. The molecule has 1 aromatic carbocycles. The Morgan fingerprint density at radius 2 is 2.11 bits per heavy atom. The Morgan fingerprint density at radius 3 is 2.72 bits per heavy atom. The molecule has 18 heavy (non-hydrogen) atoms. The lowest BCUT2D eigenvalue weighted by atomic mass is 10.0. The van der Waals surface area contributed by atoms with E-state index >= 15 is 0 Å². The molecule has 0 heterocycles. The topological polar surface area (TPSA) is 69.4 Å². The third-order valence-electron chi connectivity index (χ3n) is 2.64. The zero-order valence-corrected chi connectivity index (χ0v) is 11.7. The molecule has 1 atom stereocenters. The van der Waals surface area contributed by atoms with Crippen LogP contribution in [0.1, 0.15) is 18.9 Å². The van der Waals surface area contributed by atoms with Crippen LogP contribution in [-0.4, -0.2) is 33.1 Å². The predicted molar refractivity (Wildman–Crippen MR) is 73.6 cm³/mol. The van der Waals surface area contributed by atoms with Crippen molar-refractivity contribution in [1.82, 2.24) is 0 Å². The average molecular weight is 271 g/mol. The van der Waals surface area contributed by atoms with Gasteiger partial charge in [0.15, 0.2) is 9.84 Å². The molecule has 1 unspecified atom stereocenters. The second kappa shape index (κ2) is 6.75. The van der Waals surface area contributed by atoms with Gasteiger partial charge in [-0.3, -0.25) is 0 Å². The SMILES string of the molecule is CCC(N)Cc1cccc(OCCS(C)(=O)=O)c1. The Bertz CT molecular complexity index is 471. The molecule has 5 heteroatoms. The first kappa shape index (κ1) is 15.0. The fourth-order valence-corrected chi connectivity index (χ4v) is 1.91. The Kier molecular flexibility index (Phi) is 5.62. The Labute approximate surface area is 109 Å².